The first kappa shape index (κ1) is 15.0. The summed E-state index contributed by atoms with van der Waals surface area (Å²) in [4.78, 5) is 16.8. The summed E-state index contributed by atoms with van der Waals surface area (Å²) in [5.41, 5.74) is 3.36. The molecule has 0 saturated carbocycles. The predicted molar refractivity (Wildman–Crippen MR) is 96.9 cm³/mol. The molecule has 2 aliphatic rings. The molecule has 2 heterocycles. The number of carbonyl (C=O) groups excluding carboxylic acids is 1. The lowest BCUT2D eigenvalue weighted by Crippen LogP contribution is -2.17. The van der Waals surface area contributed by atoms with E-state index in [-0.39, 0.29) is 5.91 Å². The van der Waals surface area contributed by atoms with Crippen molar-refractivity contribution in [1.29, 1.82) is 0 Å². The minimum Gasteiger partial charge on any atom is -0.493 e. The zero-order valence-corrected chi connectivity index (χ0v) is 13.8. The van der Waals surface area contributed by atoms with E-state index < -0.39 is 0 Å². The van der Waals surface area contributed by atoms with Crippen LogP contribution in [-0.2, 0) is 17.8 Å². The van der Waals surface area contributed by atoms with Crippen LogP contribution in [0.1, 0.15) is 16.7 Å². The van der Waals surface area contributed by atoms with Crippen LogP contribution in [0.5, 0.6) is 5.75 Å². The number of benzene rings is 2. The SMILES string of the molecule is O=C1N=C(NCc2ccccc2)SC1=Cc1ccc2c(c1)CCO2. The molecule has 0 fully saturated rings. The van der Waals surface area contributed by atoms with Gasteiger partial charge in [0.2, 0.25) is 0 Å². The topological polar surface area (TPSA) is 50.7 Å². The number of ether oxygens (including phenoxy) is 1. The molecule has 0 bridgehead atoms. The van der Waals surface area contributed by atoms with E-state index in [1.165, 1.54) is 17.3 Å². The molecule has 24 heavy (non-hydrogen) atoms. The van der Waals surface area contributed by atoms with Gasteiger partial charge in [0.25, 0.3) is 5.91 Å². The lowest BCUT2D eigenvalue weighted by atomic mass is 10.1. The maximum absolute atomic E-state index is 12.1. The van der Waals surface area contributed by atoms with Crippen LogP contribution in [0.25, 0.3) is 6.08 Å². The Morgan fingerprint density at radius 1 is 1.21 bits per heavy atom. The Balaban J connectivity index is 1.44. The van der Waals surface area contributed by atoms with Crippen molar-refractivity contribution in [3.05, 3.63) is 70.1 Å². The molecule has 2 aliphatic heterocycles. The Bertz CT molecular complexity index is 844. The van der Waals surface area contributed by atoms with Crippen LogP contribution in [-0.4, -0.2) is 17.7 Å². The van der Waals surface area contributed by atoms with Gasteiger partial charge in [-0.05, 0) is 46.7 Å². The second-order valence-electron chi connectivity index (χ2n) is 5.64. The van der Waals surface area contributed by atoms with Crippen molar-refractivity contribution >= 4 is 28.9 Å². The summed E-state index contributed by atoms with van der Waals surface area (Å²) in [6, 6.07) is 16.1. The van der Waals surface area contributed by atoms with Crippen molar-refractivity contribution in [1.82, 2.24) is 5.32 Å². The third-order valence-electron chi connectivity index (χ3n) is 3.92. The number of nitrogens with one attached hydrogen (secondary N) is 1. The maximum atomic E-state index is 12.1. The molecule has 0 saturated heterocycles. The van der Waals surface area contributed by atoms with Crippen molar-refractivity contribution in [2.45, 2.75) is 13.0 Å². The number of aliphatic imine (C=N–C) groups is 1. The third-order valence-corrected chi connectivity index (χ3v) is 4.86. The van der Waals surface area contributed by atoms with E-state index in [1.54, 1.807) is 0 Å². The normalized spacial score (nSPS) is 17.6. The van der Waals surface area contributed by atoms with Gasteiger partial charge in [-0.25, -0.2) is 0 Å². The van der Waals surface area contributed by atoms with Gasteiger partial charge in [0.1, 0.15) is 5.75 Å². The van der Waals surface area contributed by atoms with E-state index in [2.05, 4.69) is 16.4 Å². The number of nitrogens with zero attached hydrogens (tertiary/aromatic N) is 1. The van der Waals surface area contributed by atoms with Crippen LogP contribution in [0.2, 0.25) is 0 Å². The highest BCUT2D eigenvalue weighted by Crippen LogP contribution is 2.30. The quantitative estimate of drug-likeness (QED) is 0.873. The number of hydrogen-bond donors (Lipinski definition) is 1. The van der Waals surface area contributed by atoms with Gasteiger partial charge in [-0.3, -0.25) is 4.79 Å². The zero-order chi connectivity index (χ0) is 16.4. The molecule has 120 valence electrons. The minimum atomic E-state index is -0.188. The summed E-state index contributed by atoms with van der Waals surface area (Å²) in [6.07, 6.45) is 2.82. The molecule has 0 spiro atoms. The lowest BCUT2D eigenvalue weighted by Gasteiger charge is -2.04. The molecular weight excluding hydrogens is 320 g/mol. The lowest BCUT2D eigenvalue weighted by molar-refractivity contribution is -0.113. The molecular formula is C19H16N2O2S. The van der Waals surface area contributed by atoms with Gasteiger partial charge in [0.05, 0.1) is 11.5 Å². The fraction of sp³-hybridized carbons (Fsp3) is 0.158. The summed E-state index contributed by atoms with van der Waals surface area (Å²) in [5, 5.41) is 3.87. The van der Waals surface area contributed by atoms with Crippen LogP contribution in [0.15, 0.2) is 58.4 Å². The Labute approximate surface area is 144 Å². The van der Waals surface area contributed by atoms with Crippen LogP contribution >= 0.6 is 11.8 Å². The van der Waals surface area contributed by atoms with Crippen LogP contribution < -0.4 is 10.1 Å². The highest BCUT2D eigenvalue weighted by molar-refractivity contribution is 8.18. The number of fused-ring (bicyclic) bond motifs is 1. The van der Waals surface area contributed by atoms with Gasteiger partial charge in [0, 0.05) is 13.0 Å². The third kappa shape index (κ3) is 3.21. The predicted octanol–water partition coefficient (Wildman–Crippen LogP) is 3.38. The van der Waals surface area contributed by atoms with E-state index >= 15 is 0 Å². The second kappa shape index (κ2) is 6.53. The summed E-state index contributed by atoms with van der Waals surface area (Å²) in [6.45, 7) is 1.39. The zero-order valence-electron chi connectivity index (χ0n) is 13.0. The smallest absolute Gasteiger partial charge is 0.286 e. The van der Waals surface area contributed by atoms with Crippen LogP contribution in [0.4, 0.5) is 0 Å². The minimum absolute atomic E-state index is 0.188. The first-order valence-corrected chi connectivity index (χ1v) is 8.66. The molecule has 1 amide bonds. The molecule has 2 aromatic carbocycles. The average Bonchev–Trinajstić information content (AvgIpc) is 3.20. The molecule has 4 nitrogen and oxygen atoms in total. The van der Waals surface area contributed by atoms with Crippen LogP contribution in [0, 0.1) is 0 Å². The Morgan fingerprint density at radius 3 is 2.96 bits per heavy atom. The molecule has 1 N–H and O–H groups in total. The summed E-state index contributed by atoms with van der Waals surface area (Å²) >= 11 is 1.39. The van der Waals surface area contributed by atoms with Crippen molar-refractivity contribution in [3.8, 4) is 5.75 Å². The number of thioether (sulfide) groups is 1. The fourth-order valence-electron chi connectivity index (χ4n) is 2.71. The molecule has 0 atom stereocenters. The first-order chi connectivity index (χ1) is 11.8. The summed E-state index contributed by atoms with van der Waals surface area (Å²) in [5.74, 6) is 0.760. The van der Waals surface area contributed by atoms with Crippen molar-refractivity contribution in [2.75, 3.05) is 6.61 Å². The van der Waals surface area contributed by atoms with Gasteiger partial charge in [-0.1, -0.05) is 36.4 Å². The van der Waals surface area contributed by atoms with E-state index in [9.17, 15) is 4.79 Å². The van der Waals surface area contributed by atoms with Crippen molar-refractivity contribution in [2.24, 2.45) is 4.99 Å². The second-order valence-corrected chi connectivity index (χ2v) is 6.67. The molecule has 4 rings (SSSR count). The monoisotopic (exact) mass is 336 g/mol. The van der Waals surface area contributed by atoms with E-state index in [0.29, 0.717) is 16.6 Å². The Morgan fingerprint density at radius 2 is 2.08 bits per heavy atom. The summed E-state index contributed by atoms with van der Waals surface area (Å²) in [7, 11) is 0. The first-order valence-electron chi connectivity index (χ1n) is 7.84. The molecule has 0 unspecified atom stereocenters. The highest BCUT2D eigenvalue weighted by atomic mass is 32.2. The number of rotatable bonds is 3. The molecule has 0 aromatic heterocycles. The highest BCUT2D eigenvalue weighted by Gasteiger charge is 2.22. The average molecular weight is 336 g/mol. The molecule has 5 heteroatoms. The van der Waals surface area contributed by atoms with E-state index in [1.807, 2.05) is 48.5 Å². The van der Waals surface area contributed by atoms with Gasteiger partial charge in [-0.2, -0.15) is 4.99 Å². The number of amides is 1. The largest absolute Gasteiger partial charge is 0.493 e. The number of carbonyl (C=O) groups is 1. The summed E-state index contributed by atoms with van der Waals surface area (Å²) < 4.78 is 5.51. The number of hydrogen-bond acceptors (Lipinski definition) is 4. The Kier molecular flexibility index (Phi) is 4.09. The maximum Gasteiger partial charge on any atom is 0.286 e. The van der Waals surface area contributed by atoms with Gasteiger partial charge in [0.15, 0.2) is 5.17 Å². The molecule has 0 radical (unpaired) electrons. The van der Waals surface area contributed by atoms with Gasteiger partial charge < -0.3 is 10.1 Å². The standard InChI is InChI=1S/C19H16N2O2S/c22-18-17(11-14-6-7-16-15(10-14)8-9-23-16)24-19(21-18)20-12-13-4-2-1-3-5-13/h1-7,10-11H,8-9,12H2,(H,20,21,22). The van der Waals surface area contributed by atoms with Crippen molar-refractivity contribution < 1.29 is 9.53 Å². The van der Waals surface area contributed by atoms with Crippen LogP contribution in [0.3, 0.4) is 0 Å². The van der Waals surface area contributed by atoms with Gasteiger partial charge >= 0.3 is 0 Å². The molecule has 0 aliphatic carbocycles. The van der Waals surface area contributed by atoms with E-state index in [4.69, 9.17) is 4.74 Å². The van der Waals surface area contributed by atoms with Crippen molar-refractivity contribution in [3.63, 3.8) is 0 Å². The van der Waals surface area contributed by atoms with E-state index in [0.717, 1.165) is 29.9 Å². The molecule has 2 aromatic rings. The Hall–Kier alpha value is -2.53. The van der Waals surface area contributed by atoms with Gasteiger partial charge in [-0.15, -0.1) is 0 Å². The fourth-order valence-corrected chi connectivity index (χ4v) is 3.52. The number of amidine groups is 1.